The summed E-state index contributed by atoms with van der Waals surface area (Å²) in [5.41, 5.74) is 4.88. The summed E-state index contributed by atoms with van der Waals surface area (Å²) < 4.78 is 1.75. The molecule has 0 radical (unpaired) electrons. The van der Waals surface area contributed by atoms with Crippen molar-refractivity contribution < 1.29 is 4.79 Å². The number of aryl methyl sites for hydroxylation is 1. The van der Waals surface area contributed by atoms with Crippen LogP contribution in [0.15, 0.2) is 30.3 Å². The molecule has 1 aromatic carbocycles. The van der Waals surface area contributed by atoms with Gasteiger partial charge >= 0.3 is 0 Å². The van der Waals surface area contributed by atoms with Gasteiger partial charge in [0, 0.05) is 22.9 Å². The van der Waals surface area contributed by atoms with E-state index in [-0.39, 0.29) is 11.9 Å². The van der Waals surface area contributed by atoms with Crippen LogP contribution in [0.1, 0.15) is 46.5 Å². The molecule has 24 heavy (non-hydrogen) atoms. The number of fused-ring (bicyclic) bond motifs is 3. The van der Waals surface area contributed by atoms with E-state index in [9.17, 15) is 4.79 Å². The lowest BCUT2D eigenvalue weighted by Crippen LogP contribution is -2.18. The fourth-order valence-corrected chi connectivity index (χ4v) is 4.05. The van der Waals surface area contributed by atoms with Crippen LogP contribution in [0, 0.1) is 6.92 Å². The van der Waals surface area contributed by atoms with Crippen molar-refractivity contribution in [2.45, 2.75) is 33.2 Å². The minimum atomic E-state index is -0.162. The number of anilines is 1. The van der Waals surface area contributed by atoms with E-state index in [0.29, 0.717) is 10.8 Å². The van der Waals surface area contributed by atoms with Gasteiger partial charge in [-0.15, -0.1) is 11.3 Å². The summed E-state index contributed by atoms with van der Waals surface area (Å²) in [6, 6.07) is 10.2. The molecule has 0 aliphatic heterocycles. The van der Waals surface area contributed by atoms with Gasteiger partial charge in [0.15, 0.2) is 5.13 Å². The quantitative estimate of drug-likeness (QED) is 0.613. The molecule has 2 heterocycles. The Balaban J connectivity index is 1.61. The number of carbonyl (C=O) groups is 1. The maximum absolute atomic E-state index is 12.6. The number of thiazole rings is 1. The number of nitrogens with zero attached hydrogens (tertiary/aromatic N) is 3. The largest absolute Gasteiger partial charge is 0.296 e. The number of amides is 1. The molecular weight excluding hydrogens is 320 g/mol. The van der Waals surface area contributed by atoms with E-state index in [0.717, 1.165) is 17.8 Å². The molecule has 1 N–H and O–H groups in total. The summed E-state index contributed by atoms with van der Waals surface area (Å²) in [6.07, 6.45) is 0.891. The van der Waals surface area contributed by atoms with E-state index >= 15 is 0 Å². The van der Waals surface area contributed by atoms with Crippen molar-refractivity contribution in [1.82, 2.24) is 14.8 Å². The van der Waals surface area contributed by atoms with Crippen LogP contribution in [0.25, 0.3) is 11.3 Å². The average Bonchev–Trinajstić information content (AvgIpc) is 3.19. The highest BCUT2D eigenvalue weighted by molar-refractivity contribution is 7.16. The van der Waals surface area contributed by atoms with Gasteiger partial charge in [-0.05, 0) is 32.4 Å². The third-order valence-corrected chi connectivity index (χ3v) is 5.09. The maximum Gasteiger partial charge on any atom is 0.275 e. The second kappa shape index (κ2) is 5.56. The van der Waals surface area contributed by atoms with E-state index in [1.807, 2.05) is 39.0 Å². The van der Waals surface area contributed by atoms with Crippen LogP contribution >= 0.6 is 11.3 Å². The first-order chi connectivity index (χ1) is 11.5. The zero-order valence-electron chi connectivity index (χ0n) is 13.8. The molecule has 0 saturated heterocycles. The van der Waals surface area contributed by atoms with Gasteiger partial charge in [0.2, 0.25) is 0 Å². The predicted molar refractivity (Wildman–Crippen MR) is 95.7 cm³/mol. The van der Waals surface area contributed by atoms with Crippen LogP contribution < -0.4 is 5.32 Å². The molecule has 2 aromatic heterocycles. The monoisotopic (exact) mass is 338 g/mol. The second-order valence-corrected chi connectivity index (χ2v) is 7.37. The molecule has 4 rings (SSSR count). The normalized spacial score (nSPS) is 12.3. The minimum Gasteiger partial charge on any atom is -0.296 e. The number of hydrogen-bond acceptors (Lipinski definition) is 4. The number of rotatable bonds is 3. The van der Waals surface area contributed by atoms with E-state index in [2.05, 4.69) is 27.5 Å². The summed E-state index contributed by atoms with van der Waals surface area (Å²) in [5.74, 6) is -0.162. The molecule has 0 unspecified atom stereocenters. The van der Waals surface area contributed by atoms with Crippen LogP contribution in [0.2, 0.25) is 0 Å². The molecule has 1 amide bonds. The van der Waals surface area contributed by atoms with E-state index < -0.39 is 0 Å². The molecule has 3 aromatic rings. The summed E-state index contributed by atoms with van der Waals surface area (Å²) in [6.45, 7) is 5.92. The number of hydrogen-bond donors (Lipinski definition) is 1. The third-order valence-electron chi connectivity index (χ3n) is 4.12. The van der Waals surface area contributed by atoms with Crippen LogP contribution in [0.3, 0.4) is 0 Å². The highest BCUT2D eigenvalue weighted by atomic mass is 32.1. The molecule has 0 bridgehead atoms. The first-order valence-electron chi connectivity index (χ1n) is 7.98. The average molecular weight is 338 g/mol. The van der Waals surface area contributed by atoms with Crippen LogP contribution in [0.5, 0.6) is 0 Å². The SMILES string of the molecule is Cc1cc(C(=O)Nc2nc3c(s2)Cc2ccccc2-3)n(C(C)C)n1. The lowest BCUT2D eigenvalue weighted by atomic mass is 10.1. The number of benzene rings is 1. The first kappa shape index (κ1) is 15.1. The lowest BCUT2D eigenvalue weighted by molar-refractivity contribution is 0.101. The van der Waals surface area contributed by atoms with Crippen LogP contribution in [-0.4, -0.2) is 20.7 Å². The molecule has 0 fully saturated rings. The van der Waals surface area contributed by atoms with E-state index in [1.165, 1.54) is 16.0 Å². The van der Waals surface area contributed by atoms with Gasteiger partial charge in [-0.25, -0.2) is 4.98 Å². The number of nitrogens with one attached hydrogen (secondary N) is 1. The smallest absolute Gasteiger partial charge is 0.275 e. The Morgan fingerprint density at radius 2 is 2.12 bits per heavy atom. The lowest BCUT2D eigenvalue weighted by Gasteiger charge is -2.10. The Bertz CT molecular complexity index is 938. The van der Waals surface area contributed by atoms with Gasteiger partial charge < -0.3 is 0 Å². The van der Waals surface area contributed by atoms with Crippen LogP contribution in [0.4, 0.5) is 5.13 Å². The number of carbonyl (C=O) groups excluding carboxylic acids is 1. The highest BCUT2D eigenvalue weighted by Gasteiger charge is 2.24. The zero-order chi connectivity index (χ0) is 16.8. The Kier molecular flexibility index (Phi) is 3.49. The fourth-order valence-electron chi connectivity index (χ4n) is 3.05. The number of aromatic nitrogens is 3. The second-order valence-electron chi connectivity index (χ2n) is 6.29. The minimum absolute atomic E-state index is 0.132. The molecular formula is C18H18N4OS. The Hall–Kier alpha value is -2.47. The van der Waals surface area contributed by atoms with Gasteiger partial charge in [0.25, 0.3) is 5.91 Å². The molecule has 1 aliphatic rings. The standard InChI is InChI=1S/C18H18N4OS/c1-10(2)22-14(8-11(3)21-22)17(23)20-18-19-16-13-7-5-4-6-12(13)9-15(16)24-18/h4-8,10H,9H2,1-3H3,(H,19,20,23). The molecule has 0 atom stereocenters. The summed E-state index contributed by atoms with van der Waals surface area (Å²) >= 11 is 1.55. The molecule has 122 valence electrons. The van der Waals surface area contributed by atoms with Crippen LogP contribution in [-0.2, 0) is 6.42 Å². The topological polar surface area (TPSA) is 59.8 Å². The Morgan fingerprint density at radius 1 is 1.33 bits per heavy atom. The van der Waals surface area contributed by atoms with Crippen molar-refractivity contribution in [2.75, 3.05) is 5.32 Å². The van der Waals surface area contributed by atoms with Crippen molar-refractivity contribution in [3.05, 3.63) is 52.2 Å². The Morgan fingerprint density at radius 3 is 2.92 bits per heavy atom. The fraction of sp³-hybridized carbons (Fsp3) is 0.278. The van der Waals surface area contributed by atoms with Gasteiger partial charge in [-0.3, -0.25) is 14.8 Å². The van der Waals surface area contributed by atoms with Crippen molar-refractivity contribution in [2.24, 2.45) is 0 Å². The third kappa shape index (κ3) is 2.43. The molecule has 1 aliphatic carbocycles. The Labute approximate surface area is 144 Å². The maximum atomic E-state index is 12.6. The van der Waals surface area contributed by atoms with Crippen molar-refractivity contribution >= 4 is 22.4 Å². The van der Waals surface area contributed by atoms with Crippen molar-refractivity contribution in [1.29, 1.82) is 0 Å². The first-order valence-corrected chi connectivity index (χ1v) is 8.80. The highest BCUT2D eigenvalue weighted by Crippen LogP contribution is 2.40. The summed E-state index contributed by atoms with van der Waals surface area (Å²) in [7, 11) is 0. The van der Waals surface area contributed by atoms with Crippen molar-refractivity contribution in [3.8, 4) is 11.3 Å². The molecule has 6 heteroatoms. The summed E-state index contributed by atoms with van der Waals surface area (Å²) in [5, 5.41) is 7.97. The molecule has 0 saturated carbocycles. The van der Waals surface area contributed by atoms with Gasteiger partial charge in [-0.2, -0.15) is 5.10 Å². The predicted octanol–water partition coefficient (Wildman–Crippen LogP) is 4.05. The zero-order valence-corrected chi connectivity index (χ0v) is 14.6. The summed E-state index contributed by atoms with van der Waals surface area (Å²) in [4.78, 5) is 18.5. The van der Waals surface area contributed by atoms with Gasteiger partial charge in [0.05, 0.1) is 11.4 Å². The van der Waals surface area contributed by atoms with Gasteiger partial charge in [-0.1, -0.05) is 24.3 Å². The molecule has 0 spiro atoms. The molecule has 5 nitrogen and oxygen atoms in total. The van der Waals surface area contributed by atoms with Gasteiger partial charge in [0.1, 0.15) is 5.69 Å². The van der Waals surface area contributed by atoms with E-state index in [4.69, 9.17) is 0 Å². The van der Waals surface area contributed by atoms with E-state index in [1.54, 1.807) is 16.0 Å². The van der Waals surface area contributed by atoms with Crippen molar-refractivity contribution in [3.63, 3.8) is 0 Å².